The third kappa shape index (κ3) is 6.36. The van der Waals surface area contributed by atoms with Crippen molar-refractivity contribution in [3.8, 4) is 0 Å². The zero-order valence-electron chi connectivity index (χ0n) is 22.6. The van der Waals surface area contributed by atoms with Crippen LogP contribution in [0.2, 0.25) is 0 Å². The third-order valence-electron chi connectivity index (χ3n) is 9.81. The topological polar surface area (TPSA) is 158 Å². The number of nitrogens with zero attached hydrogens (tertiary/aromatic N) is 4. The lowest BCUT2D eigenvalue weighted by atomic mass is 9.85. The first-order valence-electron chi connectivity index (χ1n) is 14.9. The highest BCUT2D eigenvalue weighted by Gasteiger charge is 2.45. The Kier molecular flexibility index (Phi) is 8.75. The van der Waals surface area contributed by atoms with Gasteiger partial charge in [0, 0.05) is 22.3 Å². The summed E-state index contributed by atoms with van der Waals surface area (Å²) in [6.45, 7) is 0. The normalized spacial score (nSPS) is 42.8. The molecule has 6 rings (SSSR count). The molecule has 2 aliphatic heterocycles. The molecule has 4 aliphatic carbocycles. The molecule has 0 amide bonds. The molecule has 0 radical (unpaired) electrons. The minimum atomic E-state index is -4.39. The molecule has 0 aromatic heterocycles. The molecule has 0 spiro atoms. The van der Waals surface area contributed by atoms with Gasteiger partial charge in [-0.2, -0.15) is 27.1 Å². The van der Waals surface area contributed by atoms with Crippen LogP contribution in [-0.2, 0) is 20.2 Å². The standard InChI is InChI=1S/C26H40N4O6S4/c31-39(32,33)23-13-15(25-27-17-5-1-3-7-21(17)37-25)9-11-19(23)29-30-20-12-10-16(14-24(20)40(34,35)36)26-28-18-6-2-4-8-22(18)38-26/h15-24H,1-14H2,(H,31,32,33)(H,34,35,36). The van der Waals surface area contributed by atoms with E-state index in [1.54, 1.807) is 23.5 Å². The molecule has 4 fully saturated rings. The van der Waals surface area contributed by atoms with Crippen LogP contribution in [0.25, 0.3) is 0 Å². The summed E-state index contributed by atoms with van der Waals surface area (Å²) in [5, 5.41) is 9.51. The first-order valence-corrected chi connectivity index (χ1v) is 19.6. The predicted molar refractivity (Wildman–Crippen MR) is 160 cm³/mol. The number of fused-ring (bicyclic) bond motifs is 2. The molecule has 14 heteroatoms. The summed E-state index contributed by atoms with van der Waals surface area (Å²) in [6.07, 6.45) is 11.9. The van der Waals surface area contributed by atoms with E-state index in [4.69, 9.17) is 9.98 Å². The van der Waals surface area contributed by atoms with E-state index in [2.05, 4.69) is 10.2 Å². The Morgan fingerprint density at radius 1 is 0.600 bits per heavy atom. The number of azo groups is 1. The van der Waals surface area contributed by atoms with Crippen molar-refractivity contribution in [1.29, 1.82) is 0 Å². The SMILES string of the molecule is O=S(=O)(O)C1CC(C2=NC3CCCCC3S2)CCC1N=NC1CCC(C2=NC3CCCCC3S2)CC1S(=O)(=O)O. The fraction of sp³-hybridized carbons (Fsp3) is 0.923. The highest BCUT2D eigenvalue weighted by atomic mass is 32.2. The van der Waals surface area contributed by atoms with Crippen molar-refractivity contribution < 1.29 is 25.9 Å². The summed E-state index contributed by atoms with van der Waals surface area (Å²) in [6, 6.07) is -0.864. The Morgan fingerprint density at radius 2 is 1.00 bits per heavy atom. The summed E-state index contributed by atoms with van der Waals surface area (Å²) >= 11 is 3.57. The number of hydrogen-bond donors (Lipinski definition) is 2. The second kappa shape index (κ2) is 11.9. The lowest BCUT2D eigenvalue weighted by molar-refractivity contribution is 0.333. The van der Waals surface area contributed by atoms with Gasteiger partial charge >= 0.3 is 0 Å². The Morgan fingerprint density at radius 3 is 1.38 bits per heavy atom. The number of thioether (sulfide) groups is 2. The maximum Gasteiger partial charge on any atom is 0.269 e. The molecule has 0 bridgehead atoms. The van der Waals surface area contributed by atoms with E-state index in [1.165, 1.54) is 25.7 Å². The second-order valence-electron chi connectivity index (χ2n) is 12.4. The summed E-state index contributed by atoms with van der Waals surface area (Å²) in [4.78, 5) is 9.88. The summed E-state index contributed by atoms with van der Waals surface area (Å²) in [5.74, 6) is -0.0493. The molecule has 2 N–H and O–H groups in total. The summed E-state index contributed by atoms with van der Waals surface area (Å²) < 4.78 is 70.0. The van der Waals surface area contributed by atoms with Crippen LogP contribution >= 0.6 is 23.5 Å². The fourth-order valence-electron chi connectivity index (χ4n) is 7.58. The Labute approximate surface area is 246 Å². The van der Waals surface area contributed by atoms with E-state index in [9.17, 15) is 25.9 Å². The van der Waals surface area contributed by atoms with E-state index >= 15 is 0 Å². The van der Waals surface area contributed by atoms with Gasteiger partial charge in [0.05, 0.1) is 34.3 Å². The van der Waals surface area contributed by atoms with Gasteiger partial charge in [-0.3, -0.25) is 19.1 Å². The van der Waals surface area contributed by atoms with Crippen molar-refractivity contribution in [1.82, 2.24) is 0 Å². The van der Waals surface area contributed by atoms with Gasteiger partial charge in [0.15, 0.2) is 0 Å². The average molecular weight is 633 g/mol. The molecule has 10 nitrogen and oxygen atoms in total. The number of hydrogen-bond acceptors (Lipinski definition) is 10. The molecule has 0 aromatic rings. The molecule has 10 atom stereocenters. The molecule has 10 unspecified atom stereocenters. The van der Waals surface area contributed by atoms with Crippen LogP contribution in [0.4, 0.5) is 0 Å². The van der Waals surface area contributed by atoms with Crippen molar-refractivity contribution >= 4 is 53.8 Å². The van der Waals surface area contributed by atoms with Crippen LogP contribution in [0.5, 0.6) is 0 Å². The van der Waals surface area contributed by atoms with Gasteiger partial charge in [0.2, 0.25) is 0 Å². The van der Waals surface area contributed by atoms with E-state index in [0.717, 1.165) is 35.8 Å². The highest BCUT2D eigenvalue weighted by molar-refractivity contribution is 8.15. The van der Waals surface area contributed by atoms with Crippen molar-refractivity contribution in [3.05, 3.63) is 0 Å². The van der Waals surface area contributed by atoms with E-state index < -0.39 is 42.8 Å². The van der Waals surface area contributed by atoms with Crippen LogP contribution in [-0.4, -0.2) is 81.2 Å². The molecule has 0 aromatic carbocycles. The van der Waals surface area contributed by atoms with Crippen molar-refractivity contribution in [2.45, 2.75) is 135 Å². The van der Waals surface area contributed by atoms with Crippen molar-refractivity contribution in [3.63, 3.8) is 0 Å². The quantitative estimate of drug-likeness (QED) is 0.299. The molecule has 40 heavy (non-hydrogen) atoms. The lowest BCUT2D eigenvalue weighted by Crippen LogP contribution is -2.42. The molecular weight excluding hydrogens is 593 g/mol. The van der Waals surface area contributed by atoms with E-state index in [0.29, 0.717) is 48.3 Å². The van der Waals surface area contributed by atoms with Crippen LogP contribution in [0.15, 0.2) is 20.2 Å². The summed E-state index contributed by atoms with van der Waals surface area (Å²) in [5.41, 5.74) is 0. The maximum atomic E-state index is 12.4. The first kappa shape index (κ1) is 29.5. The second-order valence-corrected chi connectivity index (χ2v) is 18.2. The molecule has 0 saturated heterocycles. The van der Waals surface area contributed by atoms with Crippen LogP contribution < -0.4 is 0 Å². The fourth-order valence-corrected chi connectivity index (χ4v) is 12.8. The molecule has 6 aliphatic rings. The minimum Gasteiger partial charge on any atom is -0.285 e. The summed E-state index contributed by atoms with van der Waals surface area (Å²) in [7, 11) is -8.79. The van der Waals surface area contributed by atoms with Gasteiger partial charge in [-0.25, -0.2) is 0 Å². The van der Waals surface area contributed by atoms with Gasteiger partial charge in [-0.15, -0.1) is 23.5 Å². The van der Waals surface area contributed by atoms with Crippen molar-refractivity contribution in [2.24, 2.45) is 32.0 Å². The minimum absolute atomic E-state index is 0.0247. The molecule has 2 heterocycles. The largest absolute Gasteiger partial charge is 0.285 e. The molecular formula is C26H40N4O6S4. The smallest absolute Gasteiger partial charge is 0.269 e. The lowest BCUT2D eigenvalue weighted by Gasteiger charge is -2.33. The van der Waals surface area contributed by atoms with Crippen LogP contribution in [0, 0.1) is 11.8 Å². The van der Waals surface area contributed by atoms with Crippen LogP contribution in [0.1, 0.15) is 89.9 Å². The highest BCUT2D eigenvalue weighted by Crippen LogP contribution is 2.45. The third-order valence-corrected chi connectivity index (χ3v) is 15.4. The van der Waals surface area contributed by atoms with Gasteiger partial charge < -0.3 is 0 Å². The number of rotatable bonds is 6. The van der Waals surface area contributed by atoms with Gasteiger partial charge in [-0.05, 0) is 64.2 Å². The van der Waals surface area contributed by atoms with Gasteiger partial charge in [-0.1, -0.05) is 25.7 Å². The Balaban J connectivity index is 1.13. The van der Waals surface area contributed by atoms with E-state index in [-0.39, 0.29) is 24.7 Å². The van der Waals surface area contributed by atoms with Crippen molar-refractivity contribution in [2.75, 3.05) is 0 Å². The Bertz CT molecular complexity index is 1180. The maximum absolute atomic E-state index is 12.4. The predicted octanol–water partition coefficient (Wildman–Crippen LogP) is 5.20. The monoisotopic (exact) mass is 632 g/mol. The van der Waals surface area contributed by atoms with E-state index in [1.807, 2.05) is 0 Å². The Hall–Kier alpha value is -0.540. The number of aliphatic imine (C=N–C) groups is 2. The van der Waals surface area contributed by atoms with Crippen LogP contribution in [0.3, 0.4) is 0 Å². The average Bonchev–Trinajstić information content (AvgIpc) is 3.55. The van der Waals surface area contributed by atoms with Gasteiger partial charge in [0.25, 0.3) is 20.2 Å². The molecule has 224 valence electrons. The zero-order valence-corrected chi connectivity index (χ0v) is 25.9. The molecule has 4 saturated carbocycles. The van der Waals surface area contributed by atoms with Gasteiger partial charge in [0.1, 0.15) is 10.5 Å². The zero-order chi connectivity index (χ0) is 28.1. The first-order chi connectivity index (χ1) is 19.1.